The van der Waals surface area contributed by atoms with Gasteiger partial charge in [-0.2, -0.15) is 0 Å². The van der Waals surface area contributed by atoms with Crippen LogP contribution in [0.3, 0.4) is 0 Å². The van der Waals surface area contributed by atoms with Gasteiger partial charge in [0, 0.05) is 17.1 Å². The van der Waals surface area contributed by atoms with E-state index in [1.807, 2.05) is 29.6 Å². The maximum Gasteiger partial charge on any atom is 0.311 e. The molecule has 0 saturated carbocycles. The van der Waals surface area contributed by atoms with Gasteiger partial charge in [-0.1, -0.05) is 18.2 Å². The molecular weight excluding hydrogens is 415 g/mol. The second kappa shape index (κ2) is 9.33. The fourth-order valence-electron chi connectivity index (χ4n) is 2.85. The van der Waals surface area contributed by atoms with E-state index in [1.165, 1.54) is 6.92 Å². The summed E-state index contributed by atoms with van der Waals surface area (Å²) in [6.45, 7) is 0.733. The number of carbonyl (C=O) groups excluding carboxylic acids is 3. The van der Waals surface area contributed by atoms with Gasteiger partial charge in [-0.15, -0.1) is 0 Å². The Hall–Kier alpha value is -3.82. The first kappa shape index (κ1) is 21.9. The van der Waals surface area contributed by atoms with Gasteiger partial charge in [0.2, 0.25) is 5.91 Å². The number of esters is 1. The van der Waals surface area contributed by atoms with Crippen molar-refractivity contribution >= 4 is 34.4 Å². The number of hydrogen-bond acceptors (Lipinski definition) is 4. The Kier molecular flexibility index (Phi) is 6.58. The molecule has 2 amide bonds. The monoisotopic (exact) mass is 433 g/mol. The molecule has 31 heavy (non-hydrogen) atoms. The van der Waals surface area contributed by atoms with Crippen LogP contribution in [0, 0.1) is 17.5 Å². The van der Waals surface area contributed by atoms with Crippen LogP contribution >= 0.6 is 0 Å². The molecule has 0 aliphatic carbocycles. The van der Waals surface area contributed by atoms with E-state index in [9.17, 15) is 27.6 Å². The largest absolute Gasteiger partial charge is 0.452 e. The predicted molar refractivity (Wildman–Crippen MR) is 106 cm³/mol. The third kappa shape index (κ3) is 5.21. The summed E-state index contributed by atoms with van der Waals surface area (Å²) in [5.41, 5.74) is 0.997. The molecule has 10 heteroatoms. The van der Waals surface area contributed by atoms with Crippen LogP contribution in [-0.2, 0) is 25.5 Å². The van der Waals surface area contributed by atoms with Crippen LogP contribution in [0.4, 0.5) is 18.9 Å². The van der Waals surface area contributed by atoms with E-state index < -0.39 is 53.6 Å². The van der Waals surface area contributed by atoms with Crippen LogP contribution < -0.4 is 10.6 Å². The quantitative estimate of drug-likeness (QED) is 0.394. The lowest BCUT2D eigenvalue weighted by Gasteiger charge is -2.13. The molecule has 0 spiro atoms. The third-order valence-corrected chi connectivity index (χ3v) is 4.42. The Morgan fingerprint density at radius 3 is 2.58 bits per heavy atom. The van der Waals surface area contributed by atoms with Gasteiger partial charge in [0.05, 0.1) is 18.7 Å². The summed E-state index contributed by atoms with van der Waals surface area (Å²) < 4.78 is 44.8. The molecule has 1 atom stereocenters. The normalized spacial score (nSPS) is 11.7. The van der Waals surface area contributed by atoms with E-state index in [-0.39, 0.29) is 6.42 Å². The van der Waals surface area contributed by atoms with E-state index in [0.717, 1.165) is 17.0 Å². The fraction of sp³-hybridized carbons (Fsp3) is 0.190. The molecule has 3 aromatic rings. The molecule has 3 rings (SSSR count). The summed E-state index contributed by atoms with van der Waals surface area (Å²) in [5.74, 6) is -6.95. The number of fused-ring (bicyclic) bond motifs is 1. The number of rotatable bonds is 7. The molecule has 1 heterocycles. The number of anilines is 1. The fourth-order valence-corrected chi connectivity index (χ4v) is 2.85. The molecule has 2 aromatic carbocycles. The zero-order valence-electron chi connectivity index (χ0n) is 16.3. The Morgan fingerprint density at radius 2 is 1.81 bits per heavy atom. The van der Waals surface area contributed by atoms with Crippen molar-refractivity contribution in [3.05, 3.63) is 65.6 Å². The number of amides is 2. The summed E-state index contributed by atoms with van der Waals surface area (Å²) >= 11 is 0. The van der Waals surface area contributed by atoms with Crippen molar-refractivity contribution in [2.24, 2.45) is 0 Å². The highest BCUT2D eigenvalue weighted by Crippen LogP contribution is 2.20. The van der Waals surface area contributed by atoms with Gasteiger partial charge < -0.3 is 20.4 Å². The molecule has 3 N–H and O–H groups in total. The lowest BCUT2D eigenvalue weighted by molar-refractivity contribution is -0.154. The molecule has 0 unspecified atom stereocenters. The first-order valence-corrected chi connectivity index (χ1v) is 9.21. The average molecular weight is 433 g/mol. The molecule has 0 saturated heterocycles. The van der Waals surface area contributed by atoms with Crippen LogP contribution in [0.15, 0.2) is 42.6 Å². The number of nitrogens with one attached hydrogen (secondary N) is 3. The summed E-state index contributed by atoms with van der Waals surface area (Å²) in [5, 5.41) is 5.09. The second-order valence-corrected chi connectivity index (χ2v) is 6.66. The van der Waals surface area contributed by atoms with Gasteiger partial charge >= 0.3 is 5.97 Å². The van der Waals surface area contributed by atoms with Crippen LogP contribution in [0.2, 0.25) is 0 Å². The third-order valence-electron chi connectivity index (χ3n) is 4.42. The molecule has 0 aliphatic heterocycles. The van der Waals surface area contributed by atoms with Crippen molar-refractivity contribution in [3.63, 3.8) is 0 Å². The Balaban J connectivity index is 1.48. The number of carbonyl (C=O) groups is 3. The van der Waals surface area contributed by atoms with E-state index in [0.29, 0.717) is 11.6 Å². The summed E-state index contributed by atoms with van der Waals surface area (Å²) in [6.07, 6.45) is 0.432. The minimum absolute atomic E-state index is 0.0580. The maximum absolute atomic E-state index is 13.6. The lowest BCUT2D eigenvalue weighted by Crippen LogP contribution is -2.40. The number of benzene rings is 2. The van der Waals surface area contributed by atoms with E-state index in [4.69, 9.17) is 4.74 Å². The van der Waals surface area contributed by atoms with Crippen molar-refractivity contribution in [1.29, 1.82) is 0 Å². The number of hydrogen-bond donors (Lipinski definition) is 3. The Labute approximate surface area is 174 Å². The molecule has 0 radical (unpaired) electrons. The smallest absolute Gasteiger partial charge is 0.311 e. The molecule has 0 bridgehead atoms. The van der Waals surface area contributed by atoms with Gasteiger partial charge in [0.1, 0.15) is 0 Å². The van der Waals surface area contributed by atoms with Crippen molar-refractivity contribution in [3.8, 4) is 0 Å². The number of aromatic amines is 1. The molecule has 0 fully saturated rings. The summed E-state index contributed by atoms with van der Waals surface area (Å²) in [4.78, 5) is 39.1. The van der Waals surface area contributed by atoms with E-state index >= 15 is 0 Å². The number of para-hydroxylation sites is 1. The standard InChI is InChI=1S/C21H18F3N3O4/c1-11(31-18(29)8-12-9-25-15-5-3-2-4-13(12)15)21(30)26-10-17(28)27-16-7-6-14(22)19(23)20(16)24/h2-7,9,11,25H,8,10H2,1H3,(H,26,30)(H,27,28)/t11-/m0/s1. The van der Waals surface area contributed by atoms with Crippen molar-refractivity contribution in [2.75, 3.05) is 11.9 Å². The predicted octanol–water partition coefficient (Wildman–Crippen LogP) is 2.81. The van der Waals surface area contributed by atoms with Gasteiger partial charge in [0.25, 0.3) is 5.91 Å². The minimum Gasteiger partial charge on any atom is -0.452 e. The topological polar surface area (TPSA) is 100 Å². The van der Waals surface area contributed by atoms with Gasteiger partial charge in [-0.3, -0.25) is 14.4 Å². The molecule has 0 aliphatic rings. The van der Waals surface area contributed by atoms with Crippen LogP contribution in [-0.4, -0.2) is 35.4 Å². The van der Waals surface area contributed by atoms with Crippen molar-refractivity contribution in [2.45, 2.75) is 19.4 Å². The molecule has 162 valence electrons. The first-order valence-electron chi connectivity index (χ1n) is 9.21. The summed E-state index contributed by atoms with van der Waals surface area (Å²) in [7, 11) is 0. The molecule has 7 nitrogen and oxygen atoms in total. The highest BCUT2D eigenvalue weighted by Gasteiger charge is 2.20. The number of aromatic nitrogens is 1. The van der Waals surface area contributed by atoms with Crippen molar-refractivity contribution in [1.82, 2.24) is 10.3 Å². The van der Waals surface area contributed by atoms with Crippen LogP contribution in [0.1, 0.15) is 12.5 Å². The zero-order valence-corrected chi connectivity index (χ0v) is 16.3. The van der Waals surface area contributed by atoms with Gasteiger partial charge in [-0.25, -0.2) is 13.2 Å². The minimum atomic E-state index is -1.72. The van der Waals surface area contributed by atoms with Gasteiger partial charge in [0.15, 0.2) is 23.6 Å². The first-order chi connectivity index (χ1) is 14.8. The van der Waals surface area contributed by atoms with Crippen LogP contribution in [0.25, 0.3) is 10.9 Å². The Bertz CT molecular complexity index is 1150. The highest BCUT2D eigenvalue weighted by molar-refractivity contribution is 5.95. The molecular formula is C21H18F3N3O4. The van der Waals surface area contributed by atoms with Crippen LogP contribution in [0.5, 0.6) is 0 Å². The zero-order chi connectivity index (χ0) is 22.5. The Morgan fingerprint density at radius 1 is 1.06 bits per heavy atom. The molecule has 1 aromatic heterocycles. The number of halogens is 3. The van der Waals surface area contributed by atoms with E-state index in [2.05, 4.69) is 10.3 Å². The maximum atomic E-state index is 13.6. The number of H-pyrrole nitrogens is 1. The van der Waals surface area contributed by atoms with Crippen molar-refractivity contribution < 1.29 is 32.3 Å². The lowest BCUT2D eigenvalue weighted by atomic mass is 10.1. The second-order valence-electron chi connectivity index (χ2n) is 6.66. The van der Waals surface area contributed by atoms with Gasteiger partial charge in [-0.05, 0) is 30.7 Å². The highest BCUT2D eigenvalue weighted by atomic mass is 19.2. The van der Waals surface area contributed by atoms with E-state index in [1.54, 1.807) is 6.20 Å². The average Bonchev–Trinajstić information content (AvgIpc) is 3.15. The SMILES string of the molecule is C[C@H](OC(=O)Cc1c[nH]c2ccccc12)C(=O)NCC(=O)Nc1ccc(F)c(F)c1F. The number of ether oxygens (including phenoxy) is 1. The summed E-state index contributed by atoms with van der Waals surface area (Å²) in [6, 6.07) is 8.89.